The molecule has 7 nitrogen and oxygen atoms in total. The first-order valence-corrected chi connectivity index (χ1v) is 11.8. The van der Waals surface area contributed by atoms with Crippen molar-refractivity contribution in [3.8, 4) is 5.75 Å². The quantitative estimate of drug-likeness (QED) is 0.455. The van der Waals surface area contributed by atoms with Crippen LogP contribution in [0.1, 0.15) is 28.5 Å². The predicted octanol–water partition coefficient (Wildman–Crippen LogP) is 4.27. The molecule has 1 amide bonds. The van der Waals surface area contributed by atoms with E-state index in [1.807, 2.05) is 35.9 Å². The van der Waals surface area contributed by atoms with Crippen molar-refractivity contribution >= 4 is 27.1 Å². The van der Waals surface area contributed by atoms with Gasteiger partial charge in [-0.15, -0.1) is 0 Å². The Bertz CT molecular complexity index is 1390. The zero-order valence-corrected chi connectivity index (χ0v) is 18.6. The summed E-state index contributed by atoms with van der Waals surface area (Å²) < 4.78 is 31.9. The van der Waals surface area contributed by atoms with Gasteiger partial charge < -0.3 is 14.5 Å². The van der Waals surface area contributed by atoms with E-state index in [0.717, 1.165) is 16.9 Å². The molecule has 0 saturated heterocycles. The molecule has 0 spiro atoms. The average molecular weight is 450 g/mol. The molecular weight excluding hydrogens is 426 g/mol. The van der Waals surface area contributed by atoms with Crippen molar-refractivity contribution in [3.63, 3.8) is 0 Å². The summed E-state index contributed by atoms with van der Waals surface area (Å²) in [4.78, 5) is 17.4. The van der Waals surface area contributed by atoms with Crippen LogP contribution in [-0.2, 0) is 16.4 Å². The summed E-state index contributed by atoms with van der Waals surface area (Å²) in [5.74, 6) is 0.174. The van der Waals surface area contributed by atoms with Crippen LogP contribution in [0.3, 0.4) is 0 Å². The minimum absolute atomic E-state index is 0.00427. The van der Waals surface area contributed by atoms with Crippen LogP contribution in [0, 0.1) is 6.92 Å². The average Bonchev–Trinajstić information content (AvgIpc) is 3.20. The van der Waals surface area contributed by atoms with Gasteiger partial charge in [-0.05, 0) is 55.0 Å². The molecule has 2 aromatic heterocycles. The number of pyridine rings is 1. The molecule has 1 N–H and O–H groups in total. The van der Waals surface area contributed by atoms with Gasteiger partial charge in [0.15, 0.2) is 9.84 Å². The van der Waals surface area contributed by atoms with Crippen molar-refractivity contribution in [2.24, 2.45) is 0 Å². The Morgan fingerprint density at radius 2 is 1.88 bits per heavy atom. The molecule has 0 radical (unpaired) electrons. The Hall–Kier alpha value is -3.65. The fraction of sp³-hybridized carbons (Fsp3) is 0.167. The van der Waals surface area contributed by atoms with Gasteiger partial charge in [0, 0.05) is 23.6 Å². The smallest absolute Gasteiger partial charge is 0.255 e. The molecule has 4 aromatic rings. The van der Waals surface area contributed by atoms with Gasteiger partial charge in [-0.25, -0.2) is 13.4 Å². The number of aromatic nitrogens is 2. The molecule has 2 heterocycles. The van der Waals surface area contributed by atoms with E-state index in [2.05, 4.69) is 10.3 Å². The number of hydrogen-bond acceptors (Lipinski definition) is 5. The molecule has 0 saturated carbocycles. The van der Waals surface area contributed by atoms with Crippen LogP contribution >= 0.6 is 0 Å². The van der Waals surface area contributed by atoms with Gasteiger partial charge in [-0.2, -0.15) is 0 Å². The Morgan fingerprint density at radius 1 is 1.06 bits per heavy atom. The predicted molar refractivity (Wildman–Crippen MR) is 123 cm³/mol. The lowest BCUT2D eigenvalue weighted by molar-refractivity contribution is 0.102. The molecule has 0 fully saturated rings. The van der Waals surface area contributed by atoms with E-state index < -0.39 is 9.84 Å². The molecule has 0 atom stereocenters. The minimum Gasteiger partial charge on any atom is -0.487 e. The van der Waals surface area contributed by atoms with E-state index in [9.17, 15) is 13.2 Å². The summed E-state index contributed by atoms with van der Waals surface area (Å²) >= 11 is 0. The van der Waals surface area contributed by atoms with Gasteiger partial charge >= 0.3 is 0 Å². The first-order chi connectivity index (χ1) is 15.3. The highest BCUT2D eigenvalue weighted by Crippen LogP contribution is 2.20. The van der Waals surface area contributed by atoms with Gasteiger partial charge in [0.05, 0.1) is 16.3 Å². The van der Waals surface area contributed by atoms with E-state index in [1.54, 1.807) is 43.3 Å². The molecule has 2 aromatic carbocycles. The maximum absolute atomic E-state index is 12.7. The van der Waals surface area contributed by atoms with Crippen molar-refractivity contribution in [2.45, 2.75) is 25.3 Å². The topological polar surface area (TPSA) is 89.8 Å². The van der Waals surface area contributed by atoms with Crippen LogP contribution in [0.15, 0.2) is 78.0 Å². The van der Waals surface area contributed by atoms with Crippen LogP contribution in [0.5, 0.6) is 5.75 Å². The van der Waals surface area contributed by atoms with E-state index in [4.69, 9.17) is 4.74 Å². The Labute approximate surface area is 186 Å². The van der Waals surface area contributed by atoms with Gasteiger partial charge in [0.1, 0.15) is 18.0 Å². The van der Waals surface area contributed by atoms with E-state index in [1.165, 1.54) is 12.1 Å². The number of benzene rings is 2. The number of ether oxygens (including phenoxy) is 1. The zero-order valence-electron chi connectivity index (χ0n) is 17.8. The Kier molecular flexibility index (Phi) is 5.96. The van der Waals surface area contributed by atoms with Crippen molar-refractivity contribution in [1.29, 1.82) is 0 Å². The van der Waals surface area contributed by atoms with Crippen LogP contribution in [-0.4, -0.2) is 29.5 Å². The second-order valence-electron chi connectivity index (χ2n) is 7.41. The number of nitrogens with zero attached hydrogens (tertiary/aromatic N) is 2. The van der Waals surface area contributed by atoms with E-state index in [-0.39, 0.29) is 23.2 Å². The SMILES string of the molecule is CCS(=O)(=O)c1cccc(NC(=O)c2cccc(OCc3cn4cc(C)ccc4n3)c2)c1. The summed E-state index contributed by atoms with van der Waals surface area (Å²) in [7, 11) is -3.35. The monoisotopic (exact) mass is 449 g/mol. The van der Waals surface area contributed by atoms with E-state index >= 15 is 0 Å². The normalized spacial score (nSPS) is 11.4. The van der Waals surface area contributed by atoms with Gasteiger partial charge in [0.25, 0.3) is 5.91 Å². The highest BCUT2D eigenvalue weighted by molar-refractivity contribution is 7.91. The lowest BCUT2D eigenvalue weighted by atomic mass is 10.2. The zero-order chi connectivity index (χ0) is 22.7. The standard InChI is InChI=1S/C24H23N3O4S/c1-3-32(29,30)22-9-5-7-19(13-22)26-24(28)18-6-4-8-21(12-18)31-16-20-15-27-14-17(2)10-11-23(27)25-20/h4-15H,3,16H2,1-2H3,(H,26,28). The third-order valence-electron chi connectivity index (χ3n) is 4.96. The maximum atomic E-state index is 12.7. The minimum atomic E-state index is -3.35. The maximum Gasteiger partial charge on any atom is 0.255 e. The number of sulfone groups is 1. The third-order valence-corrected chi connectivity index (χ3v) is 6.70. The Balaban J connectivity index is 1.45. The largest absolute Gasteiger partial charge is 0.487 e. The molecule has 32 heavy (non-hydrogen) atoms. The number of carbonyl (C=O) groups is 1. The fourth-order valence-corrected chi connectivity index (χ4v) is 4.17. The van der Waals surface area contributed by atoms with Crippen LogP contribution in [0.4, 0.5) is 5.69 Å². The number of amides is 1. The van der Waals surface area contributed by atoms with Crippen LogP contribution < -0.4 is 10.1 Å². The second kappa shape index (κ2) is 8.84. The summed E-state index contributed by atoms with van der Waals surface area (Å²) in [6, 6.07) is 17.0. The lowest BCUT2D eigenvalue weighted by Gasteiger charge is -2.09. The van der Waals surface area contributed by atoms with Crippen LogP contribution in [0.25, 0.3) is 5.65 Å². The number of imidazole rings is 1. The lowest BCUT2D eigenvalue weighted by Crippen LogP contribution is -2.13. The second-order valence-corrected chi connectivity index (χ2v) is 9.68. The van der Waals surface area contributed by atoms with Crippen LogP contribution in [0.2, 0.25) is 0 Å². The van der Waals surface area contributed by atoms with E-state index in [0.29, 0.717) is 17.0 Å². The highest BCUT2D eigenvalue weighted by Gasteiger charge is 2.13. The van der Waals surface area contributed by atoms with Gasteiger partial charge in [-0.3, -0.25) is 4.79 Å². The number of carbonyl (C=O) groups excluding carboxylic acids is 1. The van der Waals surface area contributed by atoms with Crippen molar-refractivity contribution in [3.05, 3.63) is 89.9 Å². The molecule has 4 rings (SSSR count). The molecular formula is C24H23N3O4S. The summed E-state index contributed by atoms with van der Waals surface area (Å²) in [5.41, 5.74) is 3.57. The van der Waals surface area contributed by atoms with Gasteiger partial charge in [0.2, 0.25) is 0 Å². The number of rotatable bonds is 7. The number of aryl methyl sites for hydroxylation is 1. The number of fused-ring (bicyclic) bond motifs is 1. The molecule has 164 valence electrons. The van der Waals surface area contributed by atoms with Gasteiger partial charge in [-0.1, -0.05) is 25.1 Å². The third kappa shape index (κ3) is 4.81. The molecule has 0 aliphatic rings. The molecule has 0 unspecified atom stereocenters. The molecule has 8 heteroatoms. The molecule has 0 bridgehead atoms. The molecule has 0 aliphatic heterocycles. The van der Waals surface area contributed by atoms with Crippen molar-refractivity contribution in [2.75, 3.05) is 11.1 Å². The first-order valence-electron chi connectivity index (χ1n) is 10.2. The number of nitrogens with one attached hydrogen (secondary N) is 1. The van der Waals surface area contributed by atoms with Crippen molar-refractivity contribution < 1.29 is 17.9 Å². The van der Waals surface area contributed by atoms with Crippen molar-refractivity contribution in [1.82, 2.24) is 9.38 Å². The molecule has 0 aliphatic carbocycles. The fourth-order valence-electron chi connectivity index (χ4n) is 3.25. The summed E-state index contributed by atoms with van der Waals surface area (Å²) in [6.07, 6.45) is 3.91. The number of hydrogen-bond donors (Lipinski definition) is 1. The summed E-state index contributed by atoms with van der Waals surface area (Å²) in [6.45, 7) is 3.87. The Morgan fingerprint density at radius 3 is 2.69 bits per heavy atom. The first kappa shape index (κ1) is 21.6. The highest BCUT2D eigenvalue weighted by atomic mass is 32.2. The number of anilines is 1. The summed E-state index contributed by atoms with van der Waals surface area (Å²) in [5, 5.41) is 2.74.